The molecule has 84 valence electrons. The molecule has 15 heavy (non-hydrogen) atoms. The Bertz CT molecular complexity index is 289. The number of rotatable bonds is 6. The molecule has 3 heteroatoms. The standard InChI is InChI=1S/C12H20N2O/c1-14(9-5-8-13)10-11-6-3-4-7-12(11)15-2/h3-4,6-7H,5,8-10,13H2,1-2H3/p+2. The lowest BCUT2D eigenvalue weighted by atomic mass is 10.2. The van der Waals surface area contributed by atoms with Crippen LogP contribution in [0.3, 0.4) is 0 Å². The fraction of sp³-hybridized carbons (Fsp3) is 0.500. The summed E-state index contributed by atoms with van der Waals surface area (Å²) in [6, 6.07) is 8.22. The molecular weight excluding hydrogens is 188 g/mol. The van der Waals surface area contributed by atoms with E-state index in [2.05, 4.69) is 24.9 Å². The van der Waals surface area contributed by atoms with Crippen LogP contribution in [0.5, 0.6) is 5.75 Å². The van der Waals surface area contributed by atoms with Crippen LogP contribution in [0.25, 0.3) is 0 Å². The summed E-state index contributed by atoms with van der Waals surface area (Å²) in [7, 11) is 3.94. The van der Waals surface area contributed by atoms with Crippen LogP contribution in [0, 0.1) is 0 Å². The Morgan fingerprint density at radius 2 is 2.07 bits per heavy atom. The molecule has 1 rings (SSSR count). The van der Waals surface area contributed by atoms with Crippen LogP contribution in [0.4, 0.5) is 0 Å². The van der Waals surface area contributed by atoms with Gasteiger partial charge in [-0.05, 0) is 12.1 Å². The molecule has 0 aliphatic carbocycles. The minimum absolute atomic E-state index is 0.992. The molecule has 1 unspecified atom stereocenters. The molecule has 0 radical (unpaired) electrons. The zero-order valence-corrected chi connectivity index (χ0v) is 9.75. The van der Waals surface area contributed by atoms with E-state index in [-0.39, 0.29) is 0 Å². The normalized spacial score (nSPS) is 12.5. The third-order valence-corrected chi connectivity index (χ3v) is 2.54. The van der Waals surface area contributed by atoms with Crippen LogP contribution in [0.15, 0.2) is 24.3 Å². The van der Waals surface area contributed by atoms with Gasteiger partial charge in [-0.3, -0.25) is 0 Å². The number of hydrogen-bond donors (Lipinski definition) is 2. The molecule has 4 N–H and O–H groups in total. The van der Waals surface area contributed by atoms with Crippen molar-refractivity contribution in [1.82, 2.24) is 0 Å². The second-order valence-corrected chi connectivity index (χ2v) is 3.90. The van der Waals surface area contributed by atoms with Gasteiger partial charge in [-0.25, -0.2) is 0 Å². The van der Waals surface area contributed by atoms with E-state index in [9.17, 15) is 0 Å². The SMILES string of the molecule is COc1ccccc1C[NH+](C)CCC[NH3+]. The molecule has 0 amide bonds. The molecule has 0 aromatic heterocycles. The van der Waals surface area contributed by atoms with Crippen molar-refractivity contribution >= 4 is 0 Å². The fourth-order valence-corrected chi connectivity index (χ4v) is 1.69. The first-order valence-electron chi connectivity index (χ1n) is 5.50. The number of methoxy groups -OCH3 is 1. The lowest BCUT2D eigenvalue weighted by Gasteiger charge is -2.14. The quantitative estimate of drug-likeness (QED) is 0.643. The minimum atomic E-state index is 0.992. The van der Waals surface area contributed by atoms with Crippen molar-refractivity contribution in [2.75, 3.05) is 27.2 Å². The first-order valence-corrected chi connectivity index (χ1v) is 5.50. The molecule has 1 aromatic rings. The van der Waals surface area contributed by atoms with Gasteiger partial charge in [0.25, 0.3) is 0 Å². The summed E-state index contributed by atoms with van der Waals surface area (Å²) >= 11 is 0. The molecule has 3 nitrogen and oxygen atoms in total. The van der Waals surface area contributed by atoms with Gasteiger partial charge in [0.2, 0.25) is 0 Å². The summed E-state index contributed by atoms with van der Waals surface area (Å²) in [5, 5.41) is 0. The van der Waals surface area contributed by atoms with Gasteiger partial charge in [0.1, 0.15) is 12.3 Å². The van der Waals surface area contributed by atoms with E-state index in [4.69, 9.17) is 4.74 Å². The molecule has 1 aromatic carbocycles. The van der Waals surface area contributed by atoms with Crippen molar-refractivity contribution in [3.05, 3.63) is 29.8 Å². The molecule has 0 saturated carbocycles. The Balaban J connectivity index is 2.55. The summed E-state index contributed by atoms with van der Waals surface area (Å²) in [5.74, 6) is 0.992. The van der Waals surface area contributed by atoms with Gasteiger partial charge < -0.3 is 15.4 Å². The van der Waals surface area contributed by atoms with Crippen molar-refractivity contribution in [1.29, 1.82) is 0 Å². The maximum atomic E-state index is 5.32. The van der Waals surface area contributed by atoms with Gasteiger partial charge in [-0.2, -0.15) is 0 Å². The summed E-state index contributed by atoms with van der Waals surface area (Å²) in [4.78, 5) is 1.50. The highest BCUT2D eigenvalue weighted by Gasteiger charge is 2.07. The molecule has 0 fully saturated rings. The molecule has 0 aliphatic heterocycles. The van der Waals surface area contributed by atoms with Gasteiger partial charge >= 0.3 is 0 Å². The van der Waals surface area contributed by atoms with Crippen molar-refractivity contribution in [2.45, 2.75) is 13.0 Å². The first-order chi connectivity index (χ1) is 7.27. The summed E-state index contributed by atoms with van der Waals surface area (Å²) in [5.41, 5.74) is 5.14. The first kappa shape index (κ1) is 12.0. The maximum absolute atomic E-state index is 5.32. The fourth-order valence-electron chi connectivity index (χ4n) is 1.69. The number of quaternary nitrogens is 2. The average Bonchev–Trinajstić information content (AvgIpc) is 2.27. The van der Waals surface area contributed by atoms with Gasteiger partial charge in [-0.15, -0.1) is 0 Å². The molecule has 0 saturated heterocycles. The number of nitrogens with one attached hydrogen (secondary N) is 1. The highest BCUT2D eigenvalue weighted by molar-refractivity contribution is 5.32. The zero-order chi connectivity index (χ0) is 11.1. The average molecular weight is 210 g/mol. The van der Waals surface area contributed by atoms with Crippen LogP contribution >= 0.6 is 0 Å². The largest absolute Gasteiger partial charge is 0.496 e. The molecule has 0 bridgehead atoms. The predicted octanol–water partition coefficient (Wildman–Crippen LogP) is -0.658. The Morgan fingerprint density at radius 1 is 1.33 bits per heavy atom. The zero-order valence-electron chi connectivity index (χ0n) is 9.75. The smallest absolute Gasteiger partial charge is 0.127 e. The Hall–Kier alpha value is -1.06. The van der Waals surface area contributed by atoms with E-state index in [0.29, 0.717) is 0 Å². The highest BCUT2D eigenvalue weighted by Crippen LogP contribution is 2.15. The lowest BCUT2D eigenvalue weighted by Crippen LogP contribution is -3.07. The molecular formula is C12H22N2O+2. The number of ether oxygens (including phenoxy) is 1. The molecule has 0 spiro atoms. The van der Waals surface area contributed by atoms with E-state index in [1.807, 2.05) is 12.1 Å². The topological polar surface area (TPSA) is 41.3 Å². The number of hydrogen-bond acceptors (Lipinski definition) is 1. The van der Waals surface area contributed by atoms with Crippen molar-refractivity contribution in [3.63, 3.8) is 0 Å². The van der Waals surface area contributed by atoms with Crippen molar-refractivity contribution in [2.24, 2.45) is 0 Å². The van der Waals surface area contributed by atoms with Crippen LogP contribution < -0.4 is 15.4 Å². The third kappa shape index (κ3) is 3.90. The molecule has 1 atom stereocenters. The summed E-state index contributed by atoms with van der Waals surface area (Å²) < 4.78 is 5.32. The molecule has 0 heterocycles. The third-order valence-electron chi connectivity index (χ3n) is 2.54. The number of benzene rings is 1. The molecule has 0 aliphatic rings. The van der Waals surface area contributed by atoms with Crippen LogP contribution in [-0.2, 0) is 6.54 Å². The van der Waals surface area contributed by atoms with E-state index in [0.717, 1.165) is 18.8 Å². The van der Waals surface area contributed by atoms with E-state index < -0.39 is 0 Å². The Morgan fingerprint density at radius 3 is 2.73 bits per heavy atom. The monoisotopic (exact) mass is 210 g/mol. The van der Waals surface area contributed by atoms with Crippen molar-refractivity contribution in [3.8, 4) is 5.75 Å². The van der Waals surface area contributed by atoms with Crippen molar-refractivity contribution < 1.29 is 15.4 Å². The maximum Gasteiger partial charge on any atom is 0.127 e. The van der Waals surface area contributed by atoms with Gasteiger partial charge in [-0.1, -0.05) is 12.1 Å². The van der Waals surface area contributed by atoms with E-state index in [1.54, 1.807) is 7.11 Å². The van der Waals surface area contributed by atoms with Gasteiger partial charge in [0, 0.05) is 12.0 Å². The second-order valence-electron chi connectivity index (χ2n) is 3.90. The number of para-hydroxylation sites is 1. The van der Waals surface area contributed by atoms with Crippen LogP contribution in [0.1, 0.15) is 12.0 Å². The summed E-state index contributed by atoms with van der Waals surface area (Å²) in [6.45, 7) is 3.20. The minimum Gasteiger partial charge on any atom is -0.496 e. The highest BCUT2D eigenvalue weighted by atomic mass is 16.5. The van der Waals surface area contributed by atoms with E-state index in [1.165, 1.54) is 23.4 Å². The van der Waals surface area contributed by atoms with Gasteiger partial charge in [0.15, 0.2) is 0 Å². The predicted molar refractivity (Wildman–Crippen MR) is 60.8 cm³/mol. The van der Waals surface area contributed by atoms with Crippen LogP contribution in [-0.4, -0.2) is 27.2 Å². The van der Waals surface area contributed by atoms with Crippen LogP contribution in [0.2, 0.25) is 0 Å². The Labute approximate surface area is 91.8 Å². The lowest BCUT2D eigenvalue weighted by molar-refractivity contribution is -0.894. The second kappa shape index (κ2) is 6.43. The summed E-state index contributed by atoms with van der Waals surface area (Å²) in [6.07, 6.45) is 1.18. The Kier molecular flexibility index (Phi) is 5.15. The van der Waals surface area contributed by atoms with Gasteiger partial charge in [0.05, 0.1) is 27.2 Å². The van der Waals surface area contributed by atoms with E-state index >= 15 is 0 Å².